The molecule has 0 unspecified atom stereocenters. The Balaban J connectivity index is 1.67. The topological polar surface area (TPSA) is 57.4 Å². The summed E-state index contributed by atoms with van der Waals surface area (Å²) in [4.78, 5) is 13.7. The third-order valence-electron chi connectivity index (χ3n) is 4.87. The average Bonchev–Trinajstić information content (AvgIpc) is 3.10. The van der Waals surface area contributed by atoms with Crippen LogP contribution in [0, 0.1) is 0 Å². The standard InChI is InChI=1S/C20H29N5O/c1-17(2)6-11-24-13-12-23(15-18(24)7-14-26)16-19-5-3-10-25(19)20-21-8-4-9-22-20/h3-6,8-10,18,26H,7,11-16H2,1-2H3/t18-/m1/s1. The summed E-state index contributed by atoms with van der Waals surface area (Å²) in [6.07, 6.45) is 8.64. The van der Waals surface area contributed by atoms with Crippen LogP contribution in [0.2, 0.25) is 0 Å². The molecular weight excluding hydrogens is 326 g/mol. The highest BCUT2D eigenvalue weighted by Gasteiger charge is 2.26. The zero-order chi connectivity index (χ0) is 18.4. The number of hydrogen-bond acceptors (Lipinski definition) is 5. The van der Waals surface area contributed by atoms with Crippen molar-refractivity contribution < 1.29 is 5.11 Å². The lowest BCUT2D eigenvalue weighted by atomic mass is 10.1. The van der Waals surface area contributed by atoms with Gasteiger partial charge in [-0.3, -0.25) is 14.4 Å². The minimum Gasteiger partial charge on any atom is -0.396 e. The summed E-state index contributed by atoms with van der Waals surface area (Å²) in [7, 11) is 0. The molecule has 3 heterocycles. The fraction of sp³-hybridized carbons (Fsp3) is 0.500. The molecule has 0 amide bonds. The lowest BCUT2D eigenvalue weighted by Crippen LogP contribution is -2.53. The number of aromatic nitrogens is 3. The first-order valence-corrected chi connectivity index (χ1v) is 9.31. The highest BCUT2D eigenvalue weighted by Crippen LogP contribution is 2.17. The van der Waals surface area contributed by atoms with Crippen LogP contribution in [0.4, 0.5) is 0 Å². The molecule has 2 aromatic rings. The Kier molecular flexibility index (Phi) is 6.55. The second-order valence-electron chi connectivity index (χ2n) is 7.10. The van der Waals surface area contributed by atoms with E-state index in [4.69, 9.17) is 0 Å². The summed E-state index contributed by atoms with van der Waals surface area (Å²) < 4.78 is 2.05. The number of aliphatic hydroxyl groups excluding tert-OH is 1. The van der Waals surface area contributed by atoms with Gasteiger partial charge in [-0.2, -0.15) is 0 Å². The molecular formula is C20H29N5O. The van der Waals surface area contributed by atoms with Crippen molar-refractivity contribution >= 4 is 0 Å². The fourth-order valence-corrected chi connectivity index (χ4v) is 3.45. The van der Waals surface area contributed by atoms with Gasteiger partial charge >= 0.3 is 0 Å². The molecule has 0 aromatic carbocycles. The third kappa shape index (κ3) is 4.78. The van der Waals surface area contributed by atoms with Crippen LogP contribution in [0.25, 0.3) is 5.95 Å². The van der Waals surface area contributed by atoms with Crippen molar-refractivity contribution in [2.45, 2.75) is 32.9 Å². The van der Waals surface area contributed by atoms with Gasteiger partial charge in [-0.15, -0.1) is 0 Å². The van der Waals surface area contributed by atoms with Gasteiger partial charge in [0.1, 0.15) is 0 Å². The molecule has 2 aromatic heterocycles. The first kappa shape index (κ1) is 18.8. The van der Waals surface area contributed by atoms with Crippen molar-refractivity contribution in [1.82, 2.24) is 24.3 Å². The summed E-state index contributed by atoms with van der Waals surface area (Å²) in [6, 6.07) is 6.40. The van der Waals surface area contributed by atoms with Crippen LogP contribution >= 0.6 is 0 Å². The molecule has 3 rings (SSSR count). The average molecular weight is 355 g/mol. The molecule has 1 N–H and O–H groups in total. The SMILES string of the molecule is CC(C)=CCN1CCN(Cc2cccn2-c2ncccn2)C[C@H]1CCO. The molecule has 0 bridgehead atoms. The zero-order valence-corrected chi connectivity index (χ0v) is 15.8. The maximum absolute atomic E-state index is 9.47. The first-order chi connectivity index (χ1) is 12.7. The minimum atomic E-state index is 0.234. The van der Waals surface area contributed by atoms with Gasteiger partial charge in [-0.1, -0.05) is 11.6 Å². The molecule has 0 saturated carbocycles. The van der Waals surface area contributed by atoms with E-state index in [0.29, 0.717) is 12.0 Å². The number of nitrogens with zero attached hydrogens (tertiary/aromatic N) is 5. The molecule has 1 aliphatic heterocycles. The lowest BCUT2D eigenvalue weighted by molar-refractivity contribution is 0.0627. The van der Waals surface area contributed by atoms with Gasteiger partial charge in [-0.25, -0.2) is 9.97 Å². The van der Waals surface area contributed by atoms with E-state index in [1.165, 1.54) is 11.3 Å². The van der Waals surface area contributed by atoms with E-state index in [1.807, 2.05) is 18.3 Å². The van der Waals surface area contributed by atoms with E-state index in [9.17, 15) is 5.11 Å². The number of allylic oxidation sites excluding steroid dienone is 1. The molecule has 0 aliphatic carbocycles. The molecule has 1 aliphatic rings. The van der Waals surface area contributed by atoms with E-state index in [-0.39, 0.29) is 6.61 Å². The van der Waals surface area contributed by atoms with E-state index in [2.05, 4.69) is 50.3 Å². The summed E-state index contributed by atoms with van der Waals surface area (Å²) >= 11 is 0. The molecule has 1 saturated heterocycles. The van der Waals surface area contributed by atoms with E-state index < -0.39 is 0 Å². The predicted molar refractivity (Wildman–Crippen MR) is 103 cm³/mol. The Hall–Kier alpha value is -2.02. The molecule has 1 atom stereocenters. The molecule has 6 heteroatoms. The fourth-order valence-electron chi connectivity index (χ4n) is 3.45. The largest absolute Gasteiger partial charge is 0.396 e. The van der Waals surface area contributed by atoms with Crippen LogP contribution in [0.5, 0.6) is 0 Å². The summed E-state index contributed by atoms with van der Waals surface area (Å²) in [6.45, 7) is 9.36. The van der Waals surface area contributed by atoms with Crippen molar-refractivity contribution in [2.24, 2.45) is 0 Å². The Morgan fingerprint density at radius 2 is 2.04 bits per heavy atom. The second kappa shape index (κ2) is 9.07. The van der Waals surface area contributed by atoms with Gasteiger partial charge in [0.05, 0.1) is 0 Å². The molecule has 26 heavy (non-hydrogen) atoms. The van der Waals surface area contributed by atoms with Gasteiger partial charge in [0, 0.05) is 69.7 Å². The quantitative estimate of drug-likeness (QED) is 0.771. The van der Waals surface area contributed by atoms with Crippen LogP contribution < -0.4 is 0 Å². The van der Waals surface area contributed by atoms with Gasteiger partial charge in [0.2, 0.25) is 5.95 Å². The van der Waals surface area contributed by atoms with E-state index in [1.54, 1.807) is 12.4 Å². The van der Waals surface area contributed by atoms with Crippen molar-refractivity contribution in [2.75, 3.05) is 32.8 Å². The van der Waals surface area contributed by atoms with Gasteiger partial charge in [0.25, 0.3) is 0 Å². The minimum absolute atomic E-state index is 0.234. The van der Waals surface area contributed by atoms with E-state index in [0.717, 1.165) is 39.1 Å². The summed E-state index contributed by atoms with van der Waals surface area (Å²) in [5.41, 5.74) is 2.53. The molecule has 1 fully saturated rings. The van der Waals surface area contributed by atoms with Crippen molar-refractivity contribution in [3.05, 3.63) is 54.1 Å². The molecule has 6 nitrogen and oxygen atoms in total. The Morgan fingerprint density at radius 1 is 1.23 bits per heavy atom. The molecule has 0 spiro atoms. The molecule has 0 radical (unpaired) electrons. The maximum atomic E-state index is 9.47. The van der Waals surface area contributed by atoms with Crippen LogP contribution in [-0.4, -0.2) is 68.3 Å². The van der Waals surface area contributed by atoms with Gasteiger partial charge in [0.15, 0.2) is 0 Å². The Morgan fingerprint density at radius 3 is 2.77 bits per heavy atom. The maximum Gasteiger partial charge on any atom is 0.233 e. The molecule has 140 valence electrons. The lowest BCUT2D eigenvalue weighted by Gasteiger charge is -2.41. The monoisotopic (exact) mass is 355 g/mol. The number of piperazine rings is 1. The Labute approximate surface area is 155 Å². The van der Waals surface area contributed by atoms with Crippen LogP contribution in [0.3, 0.4) is 0 Å². The highest BCUT2D eigenvalue weighted by atomic mass is 16.3. The number of hydrogen-bond donors (Lipinski definition) is 1. The van der Waals surface area contributed by atoms with Crippen LogP contribution in [-0.2, 0) is 6.54 Å². The first-order valence-electron chi connectivity index (χ1n) is 9.31. The van der Waals surface area contributed by atoms with Crippen LogP contribution in [0.1, 0.15) is 26.0 Å². The normalized spacial score (nSPS) is 18.8. The highest BCUT2D eigenvalue weighted by molar-refractivity contribution is 5.20. The van der Waals surface area contributed by atoms with Crippen molar-refractivity contribution in [1.29, 1.82) is 0 Å². The number of aliphatic hydroxyl groups is 1. The smallest absolute Gasteiger partial charge is 0.233 e. The van der Waals surface area contributed by atoms with Crippen LogP contribution in [0.15, 0.2) is 48.4 Å². The number of rotatable bonds is 7. The zero-order valence-electron chi connectivity index (χ0n) is 15.8. The van der Waals surface area contributed by atoms with Gasteiger partial charge < -0.3 is 5.11 Å². The van der Waals surface area contributed by atoms with Crippen molar-refractivity contribution in [3.63, 3.8) is 0 Å². The summed E-state index contributed by atoms with van der Waals surface area (Å²) in [5, 5.41) is 9.47. The van der Waals surface area contributed by atoms with E-state index >= 15 is 0 Å². The Bertz CT molecular complexity index is 708. The van der Waals surface area contributed by atoms with Gasteiger partial charge in [-0.05, 0) is 38.5 Å². The summed E-state index contributed by atoms with van der Waals surface area (Å²) in [5.74, 6) is 0.710. The second-order valence-corrected chi connectivity index (χ2v) is 7.10. The van der Waals surface area contributed by atoms with Crippen molar-refractivity contribution in [3.8, 4) is 5.95 Å². The third-order valence-corrected chi connectivity index (χ3v) is 4.87. The predicted octanol–water partition coefficient (Wildman–Crippen LogP) is 2.10.